The van der Waals surface area contributed by atoms with Gasteiger partial charge in [0.1, 0.15) is 11.5 Å². The molecule has 0 fully saturated rings. The average Bonchev–Trinajstić information content (AvgIpc) is 2.90. The number of hydrogen-bond donors (Lipinski definition) is 2. The molecule has 0 atom stereocenters. The van der Waals surface area contributed by atoms with Gasteiger partial charge in [-0.1, -0.05) is 17.3 Å². The van der Waals surface area contributed by atoms with E-state index in [4.69, 9.17) is 4.52 Å². The van der Waals surface area contributed by atoms with Gasteiger partial charge in [-0.3, -0.25) is 9.59 Å². The molecule has 0 aliphatic carbocycles. The van der Waals surface area contributed by atoms with E-state index in [1.54, 1.807) is 19.1 Å². The predicted molar refractivity (Wildman–Crippen MR) is 80.6 cm³/mol. The Bertz CT molecular complexity index is 882. The molecule has 1 aromatic carbocycles. The van der Waals surface area contributed by atoms with Gasteiger partial charge in [0, 0.05) is 18.9 Å². The van der Waals surface area contributed by atoms with Crippen LogP contribution in [0.5, 0.6) is 0 Å². The molecule has 112 valence electrons. The van der Waals surface area contributed by atoms with E-state index in [9.17, 15) is 9.59 Å². The summed E-state index contributed by atoms with van der Waals surface area (Å²) in [5, 5.41) is 6.28. The quantitative estimate of drug-likeness (QED) is 0.764. The SMILES string of the molecule is Cc1cc(NC(=O)CCc2nc3ccccc3[nH]c2=O)no1. The summed E-state index contributed by atoms with van der Waals surface area (Å²) >= 11 is 0. The molecule has 7 heteroatoms. The maximum atomic E-state index is 11.9. The normalized spacial score (nSPS) is 10.8. The Labute approximate surface area is 125 Å². The fourth-order valence-corrected chi connectivity index (χ4v) is 2.10. The number of aromatic amines is 1. The Morgan fingerprint density at radius 2 is 2.18 bits per heavy atom. The lowest BCUT2D eigenvalue weighted by molar-refractivity contribution is -0.116. The van der Waals surface area contributed by atoms with E-state index in [-0.39, 0.29) is 24.3 Å². The lowest BCUT2D eigenvalue weighted by atomic mass is 10.2. The Morgan fingerprint density at radius 3 is 2.95 bits per heavy atom. The fraction of sp³-hybridized carbons (Fsp3) is 0.200. The molecule has 0 spiro atoms. The first-order valence-electron chi connectivity index (χ1n) is 6.83. The summed E-state index contributed by atoms with van der Waals surface area (Å²) < 4.78 is 4.86. The minimum atomic E-state index is -0.274. The predicted octanol–water partition coefficient (Wildman–Crippen LogP) is 1.79. The number of amides is 1. The van der Waals surface area contributed by atoms with Crippen LogP contribution in [0.1, 0.15) is 17.9 Å². The first-order valence-corrected chi connectivity index (χ1v) is 6.83. The molecular weight excluding hydrogens is 284 g/mol. The van der Waals surface area contributed by atoms with Crippen molar-refractivity contribution in [3.05, 3.63) is 52.1 Å². The molecule has 22 heavy (non-hydrogen) atoms. The summed E-state index contributed by atoms with van der Waals surface area (Å²) in [7, 11) is 0. The average molecular weight is 298 g/mol. The number of para-hydroxylation sites is 2. The molecule has 2 heterocycles. The Kier molecular flexibility index (Phi) is 3.69. The van der Waals surface area contributed by atoms with Gasteiger partial charge in [-0.05, 0) is 19.1 Å². The number of rotatable bonds is 4. The zero-order valence-corrected chi connectivity index (χ0v) is 11.9. The van der Waals surface area contributed by atoms with Crippen molar-refractivity contribution in [1.82, 2.24) is 15.1 Å². The van der Waals surface area contributed by atoms with Crippen molar-refractivity contribution >= 4 is 22.8 Å². The molecule has 3 aromatic rings. The smallest absolute Gasteiger partial charge is 0.270 e. The number of carbonyl (C=O) groups excluding carboxylic acids is 1. The van der Waals surface area contributed by atoms with Gasteiger partial charge >= 0.3 is 0 Å². The third-order valence-electron chi connectivity index (χ3n) is 3.15. The highest BCUT2D eigenvalue weighted by molar-refractivity contribution is 5.89. The number of carbonyl (C=O) groups is 1. The van der Waals surface area contributed by atoms with E-state index in [2.05, 4.69) is 20.4 Å². The standard InChI is InChI=1S/C15H14N4O3/c1-9-8-13(19-22-9)18-14(20)7-6-12-15(21)17-11-5-3-2-4-10(11)16-12/h2-5,8H,6-7H2,1H3,(H,17,21)(H,18,19,20). The molecule has 0 bridgehead atoms. The minimum Gasteiger partial charge on any atom is -0.360 e. The Balaban J connectivity index is 1.69. The van der Waals surface area contributed by atoms with Gasteiger partial charge in [-0.15, -0.1) is 0 Å². The van der Waals surface area contributed by atoms with Crippen LogP contribution in [0.3, 0.4) is 0 Å². The van der Waals surface area contributed by atoms with Gasteiger partial charge in [0.2, 0.25) is 5.91 Å². The fourth-order valence-electron chi connectivity index (χ4n) is 2.10. The Morgan fingerprint density at radius 1 is 1.36 bits per heavy atom. The van der Waals surface area contributed by atoms with Crippen molar-refractivity contribution in [3.63, 3.8) is 0 Å². The van der Waals surface area contributed by atoms with Gasteiger partial charge in [-0.2, -0.15) is 0 Å². The molecular formula is C15H14N4O3. The summed E-state index contributed by atoms with van der Waals surface area (Å²) in [5.41, 5.74) is 1.44. The number of aromatic nitrogens is 3. The van der Waals surface area contributed by atoms with Crippen LogP contribution in [0.4, 0.5) is 5.82 Å². The van der Waals surface area contributed by atoms with Crippen molar-refractivity contribution < 1.29 is 9.32 Å². The highest BCUT2D eigenvalue weighted by Crippen LogP contribution is 2.09. The molecule has 3 rings (SSSR count). The summed E-state index contributed by atoms with van der Waals surface area (Å²) in [6.07, 6.45) is 0.392. The van der Waals surface area contributed by atoms with Crippen LogP contribution in [0.25, 0.3) is 11.0 Å². The third-order valence-corrected chi connectivity index (χ3v) is 3.15. The van der Waals surface area contributed by atoms with Crippen molar-refractivity contribution in [2.45, 2.75) is 19.8 Å². The van der Waals surface area contributed by atoms with Crippen LogP contribution < -0.4 is 10.9 Å². The molecule has 0 radical (unpaired) electrons. The molecule has 0 unspecified atom stereocenters. The second-order valence-electron chi connectivity index (χ2n) is 4.90. The number of aryl methyl sites for hydroxylation is 2. The Hall–Kier alpha value is -2.96. The molecule has 2 N–H and O–H groups in total. The number of benzene rings is 1. The molecule has 0 aliphatic rings. The van der Waals surface area contributed by atoms with E-state index in [0.717, 1.165) is 0 Å². The zero-order chi connectivity index (χ0) is 15.5. The van der Waals surface area contributed by atoms with Crippen molar-refractivity contribution in [1.29, 1.82) is 0 Å². The summed E-state index contributed by atoms with van der Waals surface area (Å²) in [4.78, 5) is 30.8. The van der Waals surface area contributed by atoms with Crippen LogP contribution in [0.2, 0.25) is 0 Å². The van der Waals surface area contributed by atoms with Crippen LogP contribution >= 0.6 is 0 Å². The topological polar surface area (TPSA) is 101 Å². The van der Waals surface area contributed by atoms with E-state index in [0.29, 0.717) is 28.3 Å². The van der Waals surface area contributed by atoms with Gasteiger partial charge in [0.15, 0.2) is 5.82 Å². The van der Waals surface area contributed by atoms with E-state index in [1.165, 1.54) is 0 Å². The van der Waals surface area contributed by atoms with E-state index >= 15 is 0 Å². The second-order valence-corrected chi connectivity index (χ2v) is 4.90. The number of nitrogens with zero attached hydrogens (tertiary/aromatic N) is 2. The number of H-pyrrole nitrogens is 1. The van der Waals surface area contributed by atoms with Gasteiger partial charge in [-0.25, -0.2) is 4.98 Å². The van der Waals surface area contributed by atoms with Gasteiger partial charge in [0.05, 0.1) is 11.0 Å². The van der Waals surface area contributed by atoms with Crippen LogP contribution in [-0.2, 0) is 11.2 Å². The minimum absolute atomic E-state index is 0.139. The molecule has 0 saturated carbocycles. The monoisotopic (exact) mass is 298 g/mol. The van der Waals surface area contributed by atoms with E-state index in [1.807, 2.05) is 18.2 Å². The maximum absolute atomic E-state index is 11.9. The lowest BCUT2D eigenvalue weighted by Gasteiger charge is -2.03. The number of nitrogens with one attached hydrogen (secondary N) is 2. The molecule has 0 saturated heterocycles. The van der Waals surface area contributed by atoms with Crippen LogP contribution in [0, 0.1) is 6.92 Å². The number of fused-ring (bicyclic) bond motifs is 1. The lowest BCUT2D eigenvalue weighted by Crippen LogP contribution is -2.19. The largest absolute Gasteiger partial charge is 0.360 e. The maximum Gasteiger partial charge on any atom is 0.270 e. The van der Waals surface area contributed by atoms with Gasteiger partial charge < -0.3 is 14.8 Å². The van der Waals surface area contributed by atoms with Crippen molar-refractivity contribution in [2.24, 2.45) is 0 Å². The molecule has 0 aliphatic heterocycles. The first-order chi connectivity index (χ1) is 10.6. The molecule has 2 aromatic heterocycles. The van der Waals surface area contributed by atoms with Crippen molar-refractivity contribution in [2.75, 3.05) is 5.32 Å². The summed E-state index contributed by atoms with van der Waals surface area (Å²) in [6.45, 7) is 1.74. The number of hydrogen-bond acceptors (Lipinski definition) is 5. The molecule has 1 amide bonds. The zero-order valence-electron chi connectivity index (χ0n) is 11.9. The van der Waals surface area contributed by atoms with E-state index < -0.39 is 0 Å². The summed E-state index contributed by atoms with van der Waals surface area (Å²) in [5.74, 6) is 0.730. The van der Waals surface area contributed by atoms with Gasteiger partial charge in [0.25, 0.3) is 5.56 Å². The molecule has 7 nitrogen and oxygen atoms in total. The van der Waals surface area contributed by atoms with Crippen LogP contribution in [-0.4, -0.2) is 21.0 Å². The second kappa shape index (κ2) is 5.80. The number of anilines is 1. The van der Waals surface area contributed by atoms with Crippen molar-refractivity contribution in [3.8, 4) is 0 Å². The highest BCUT2D eigenvalue weighted by Gasteiger charge is 2.10. The third kappa shape index (κ3) is 3.03. The van der Waals surface area contributed by atoms with Crippen LogP contribution in [0.15, 0.2) is 39.6 Å². The summed E-state index contributed by atoms with van der Waals surface area (Å²) in [6, 6.07) is 8.89. The highest BCUT2D eigenvalue weighted by atomic mass is 16.5. The first kappa shape index (κ1) is 14.0.